The van der Waals surface area contributed by atoms with Crippen LogP contribution in [0.15, 0.2) is 71.6 Å². The van der Waals surface area contributed by atoms with Gasteiger partial charge in [-0.2, -0.15) is 4.31 Å². The Morgan fingerprint density at radius 1 is 0.812 bits per heavy atom. The molecule has 0 N–H and O–H groups in total. The molecule has 1 amide bonds. The first-order valence-electron chi connectivity index (χ1n) is 11.0. The topological polar surface area (TPSA) is 57.7 Å². The quantitative estimate of drug-likeness (QED) is 0.602. The van der Waals surface area contributed by atoms with E-state index >= 15 is 0 Å². The number of amides is 1. The standard InChI is InChI=1S/C26H26N2O3S/c1-19-6-4-9-21-10-5-16-28(25(19)21)26(29)22-11-13-24(14-12-22)32(30,31)27-17-15-20-7-2-3-8-23(20)18-27/h2-4,6-9,11-14H,5,10,15-18H2,1H3. The molecule has 0 radical (unpaired) electrons. The lowest BCUT2D eigenvalue weighted by Gasteiger charge is -2.31. The van der Waals surface area contributed by atoms with Crippen LogP contribution in [-0.2, 0) is 29.4 Å². The highest BCUT2D eigenvalue weighted by molar-refractivity contribution is 7.89. The monoisotopic (exact) mass is 446 g/mol. The van der Waals surface area contributed by atoms with E-state index in [-0.39, 0.29) is 10.8 Å². The fraction of sp³-hybridized carbons (Fsp3) is 0.269. The van der Waals surface area contributed by atoms with Crippen LogP contribution in [-0.4, -0.2) is 31.7 Å². The Bertz CT molecular complexity index is 1280. The Hall–Kier alpha value is -2.96. The minimum Gasteiger partial charge on any atom is -0.308 e. The fourth-order valence-corrected chi connectivity index (χ4v) is 6.22. The lowest BCUT2D eigenvalue weighted by atomic mass is 9.97. The zero-order chi connectivity index (χ0) is 22.3. The Morgan fingerprint density at radius 2 is 1.53 bits per heavy atom. The first kappa shape index (κ1) is 20.9. The van der Waals surface area contributed by atoms with Crippen LogP contribution in [0.3, 0.4) is 0 Å². The van der Waals surface area contributed by atoms with E-state index in [0.29, 0.717) is 31.6 Å². The molecule has 5 rings (SSSR count). The second-order valence-electron chi connectivity index (χ2n) is 8.52. The first-order chi connectivity index (χ1) is 15.4. The molecular formula is C26H26N2O3S. The fourth-order valence-electron chi connectivity index (χ4n) is 4.80. The maximum absolute atomic E-state index is 13.3. The Labute approximate surface area is 189 Å². The smallest absolute Gasteiger partial charge is 0.258 e. The molecule has 0 bridgehead atoms. The van der Waals surface area contributed by atoms with E-state index in [2.05, 4.69) is 12.1 Å². The van der Waals surface area contributed by atoms with Gasteiger partial charge in [0.15, 0.2) is 0 Å². The molecule has 32 heavy (non-hydrogen) atoms. The molecule has 2 heterocycles. The third-order valence-corrected chi connectivity index (χ3v) is 8.36. The molecule has 0 fully saturated rings. The Morgan fingerprint density at radius 3 is 2.31 bits per heavy atom. The van der Waals surface area contributed by atoms with Crippen LogP contribution >= 0.6 is 0 Å². The van der Waals surface area contributed by atoms with Crippen LogP contribution in [0.4, 0.5) is 5.69 Å². The highest BCUT2D eigenvalue weighted by Crippen LogP contribution is 2.32. The van der Waals surface area contributed by atoms with Crippen LogP contribution in [0.25, 0.3) is 0 Å². The van der Waals surface area contributed by atoms with Gasteiger partial charge in [-0.3, -0.25) is 4.79 Å². The van der Waals surface area contributed by atoms with Crippen molar-refractivity contribution in [2.45, 2.75) is 37.6 Å². The lowest BCUT2D eigenvalue weighted by molar-refractivity contribution is 0.0985. The SMILES string of the molecule is Cc1cccc2c1N(C(=O)c1ccc(S(=O)(=O)N3CCc4ccccc4C3)cc1)CCC2. The molecule has 0 saturated carbocycles. The van der Waals surface area contributed by atoms with E-state index in [9.17, 15) is 13.2 Å². The summed E-state index contributed by atoms with van der Waals surface area (Å²) in [5.41, 5.74) is 6.02. The molecule has 3 aromatic carbocycles. The van der Waals surface area contributed by atoms with Crippen molar-refractivity contribution >= 4 is 21.6 Å². The number of anilines is 1. The van der Waals surface area contributed by atoms with Crippen LogP contribution in [0.5, 0.6) is 0 Å². The van der Waals surface area contributed by atoms with Gasteiger partial charge in [0.05, 0.1) is 10.6 Å². The van der Waals surface area contributed by atoms with Crippen molar-refractivity contribution in [3.05, 3.63) is 94.5 Å². The van der Waals surface area contributed by atoms with Gasteiger partial charge in [0.1, 0.15) is 0 Å². The van der Waals surface area contributed by atoms with Crippen molar-refractivity contribution in [1.82, 2.24) is 4.31 Å². The number of aryl methyl sites for hydroxylation is 2. The maximum Gasteiger partial charge on any atom is 0.258 e. The number of hydrogen-bond acceptors (Lipinski definition) is 3. The van der Waals surface area contributed by atoms with E-state index < -0.39 is 10.0 Å². The minimum absolute atomic E-state index is 0.0869. The largest absolute Gasteiger partial charge is 0.308 e. The Balaban J connectivity index is 1.39. The van der Waals surface area contributed by atoms with Crippen LogP contribution < -0.4 is 4.90 Å². The number of benzene rings is 3. The molecule has 5 nitrogen and oxygen atoms in total. The summed E-state index contributed by atoms with van der Waals surface area (Å²) in [6.07, 6.45) is 2.60. The summed E-state index contributed by atoms with van der Waals surface area (Å²) < 4.78 is 28.0. The van der Waals surface area contributed by atoms with Crippen molar-refractivity contribution in [2.24, 2.45) is 0 Å². The highest BCUT2D eigenvalue weighted by atomic mass is 32.2. The second kappa shape index (κ2) is 8.19. The van der Waals surface area contributed by atoms with E-state index in [1.54, 1.807) is 24.3 Å². The minimum atomic E-state index is -3.62. The van der Waals surface area contributed by atoms with Gasteiger partial charge >= 0.3 is 0 Å². The average Bonchev–Trinajstić information content (AvgIpc) is 2.83. The van der Waals surface area contributed by atoms with Crippen LogP contribution in [0.2, 0.25) is 0 Å². The number of sulfonamides is 1. The average molecular weight is 447 g/mol. The number of nitrogens with zero attached hydrogens (tertiary/aromatic N) is 2. The van der Waals surface area contributed by atoms with Gasteiger partial charge < -0.3 is 4.90 Å². The van der Waals surface area contributed by atoms with E-state index in [0.717, 1.165) is 29.7 Å². The Kier molecular flexibility index (Phi) is 5.35. The first-order valence-corrected chi connectivity index (χ1v) is 12.5. The predicted octanol–water partition coefficient (Wildman–Crippen LogP) is 4.34. The summed E-state index contributed by atoms with van der Waals surface area (Å²) in [5.74, 6) is -0.0869. The number of rotatable bonds is 3. The molecule has 6 heteroatoms. The van der Waals surface area contributed by atoms with Crippen LogP contribution in [0, 0.1) is 6.92 Å². The molecule has 0 atom stereocenters. The number of carbonyl (C=O) groups is 1. The highest BCUT2D eigenvalue weighted by Gasteiger charge is 2.29. The second-order valence-corrected chi connectivity index (χ2v) is 10.5. The molecule has 0 saturated heterocycles. The van der Waals surface area contributed by atoms with E-state index in [4.69, 9.17) is 0 Å². The summed E-state index contributed by atoms with van der Waals surface area (Å²) in [6, 6.07) is 20.5. The molecule has 0 unspecified atom stereocenters. The van der Waals surface area contributed by atoms with Gasteiger partial charge in [-0.25, -0.2) is 8.42 Å². The molecule has 164 valence electrons. The van der Waals surface area contributed by atoms with Crippen LogP contribution in [0.1, 0.15) is 39.0 Å². The number of carbonyl (C=O) groups excluding carboxylic acids is 1. The summed E-state index contributed by atoms with van der Waals surface area (Å²) in [4.78, 5) is 15.3. The van der Waals surface area contributed by atoms with Gasteiger partial charge in [-0.05, 0) is 72.7 Å². The zero-order valence-electron chi connectivity index (χ0n) is 18.1. The summed E-state index contributed by atoms with van der Waals surface area (Å²) >= 11 is 0. The summed E-state index contributed by atoms with van der Waals surface area (Å²) in [5, 5.41) is 0. The molecule has 3 aromatic rings. The van der Waals surface area contributed by atoms with Crippen molar-refractivity contribution < 1.29 is 13.2 Å². The number of fused-ring (bicyclic) bond motifs is 2. The van der Waals surface area contributed by atoms with E-state index in [1.807, 2.05) is 42.2 Å². The van der Waals surface area contributed by atoms with Gasteiger partial charge in [-0.1, -0.05) is 42.5 Å². The number of hydrogen-bond donors (Lipinski definition) is 0. The molecule has 2 aliphatic heterocycles. The number of para-hydroxylation sites is 1. The third kappa shape index (κ3) is 3.63. The predicted molar refractivity (Wildman–Crippen MR) is 125 cm³/mol. The molecule has 0 spiro atoms. The van der Waals surface area contributed by atoms with Crippen molar-refractivity contribution in [1.29, 1.82) is 0 Å². The molecule has 0 aliphatic carbocycles. The zero-order valence-corrected chi connectivity index (χ0v) is 18.9. The van der Waals surface area contributed by atoms with Gasteiger partial charge in [0, 0.05) is 25.2 Å². The maximum atomic E-state index is 13.3. The summed E-state index contributed by atoms with van der Waals surface area (Å²) in [6.45, 7) is 3.54. The third-order valence-electron chi connectivity index (χ3n) is 6.50. The lowest BCUT2D eigenvalue weighted by Crippen LogP contribution is -2.36. The van der Waals surface area contributed by atoms with Gasteiger partial charge in [-0.15, -0.1) is 0 Å². The summed E-state index contributed by atoms with van der Waals surface area (Å²) in [7, 11) is -3.62. The van der Waals surface area contributed by atoms with E-state index in [1.165, 1.54) is 15.4 Å². The molecule has 0 aromatic heterocycles. The molecule has 2 aliphatic rings. The van der Waals surface area contributed by atoms with Gasteiger partial charge in [0.25, 0.3) is 5.91 Å². The van der Waals surface area contributed by atoms with Crippen molar-refractivity contribution in [2.75, 3.05) is 18.0 Å². The van der Waals surface area contributed by atoms with Crippen molar-refractivity contribution in [3.8, 4) is 0 Å². The van der Waals surface area contributed by atoms with Crippen molar-refractivity contribution in [3.63, 3.8) is 0 Å². The normalized spacial score (nSPS) is 16.3. The molecular weight excluding hydrogens is 420 g/mol. The van der Waals surface area contributed by atoms with Gasteiger partial charge in [0.2, 0.25) is 10.0 Å².